The fourth-order valence-corrected chi connectivity index (χ4v) is 1.49. The Hall–Kier alpha value is -0.740. The van der Waals surface area contributed by atoms with E-state index in [1.165, 1.54) is 6.07 Å². The van der Waals surface area contributed by atoms with Gasteiger partial charge in [-0.25, -0.2) is 4.39 Å². The van der Waals surface area contributed by atoms with Gasteiger partial charge < -0.3 is 5.73 Å². The van der Waals surface area contributed by atoms with Gasteiger partial charge in [-0.15, -0.1) is 0 Å². The van der Waals surface area contributed by atoms with Gasteiger partial charge in [0.05, 0.1) is 5.54 Å². The van der Waals surface area contributed by atoms with Crippen LogP contribution in [0.2, 0.25) is 0 Å². The van der Waals surface area contributed by atoms with Gasteiger partial charge in [-0.2, -0.15) is 0 Å². The molecule has 0 aliphatic heterocycles. The fourth-order valence-electron chi connectivity index (χ4n) is 1.08. The van der Waals surface area contributed by atoms with E-state index in [4.69, 9.17) is 5.73 Å². The molecule has 4 heteroatoms. The number of hydrogen-bond donors (Lipinski definition) is 1. The van der Waals surface area contributed by atoms with Crippen molar-refractivity contribution in [2.45, 2.75) is 25.8 Å². The average Bonchev–Trinajstić information content (AvgIpc) is 2.09. The van der Waals surface area contributed by atoms with Gasteiger partial charge in [-0.05, 0) is 37.6 Å². The molecule has 2 N–H and O–H groups in total. The lowest BCUT2D eigenvalue weighted by molar-refractivity contribution is -0.122. The zero-order valence-electron chi connectivity index (χ0n) is 8.68. The first kappa shape index (κ1) is 12.3. The summed E-state index contributed by atoms with van der Waals surface area (Å²) in [6.07, 6.45) is 0.0226. The van der Waals surface area contributed by atoms with Crippen molar-refractivity contribution >= 4 is 21.7 Å². The molecule has 0 fully saturated rings. The van der Waals surface area contributed by atoms with Gasteiger partial charge in [0.15, 0.2) is 5.78 Å². The molecule has 2 nitrogen and oxygen atoms in total. The van der Waals surface area contributed by atoms with E-state index >= 15 is 0 Å². The van der Waals surface area contributed by atoms with E-state index in [1.807, 2.05) is 0 Å². The molecule has 1 aromatic carbocycles. The Morgan fingerprint density at radius 1 is 1.53 bits per heavy atom. The number of benzene rings is 1. The Morgan fingerprint density at radius 2 is 2.13 bits per heavy atom. The summed E-state index contributed by atoms with van der Waals surface area (Å²) in [5, 5.41) is 0. The van der Waals surface area contributed by atoms with E-state index in [1.54, 1.807) is 26.0 Å². The molecule has 0 bridgehead atoms. The van der Waals surface area contributed by atoms with Crippen LogP contribution in [0.3, 0.4) is 0 Å². The minimum absolute atomic E-state index is 0.0226. The summed E-state index contributed by atoms with van der Waals surface area (Å²) in [5.41, 5.74) is 5.08. The fraction of sp³-hybridized carbons (Fsp3) is 0.364. The minimum Gasteiger partial charge on any atom is -0.319 e. The van der Waals surface area contributed by atoms with Crippen molar-refractivity contribution in [3.63, 3.8) is 0 Å². The van der Waals surface area contributed by atoms with Crippen LogP contribution in [0.25, 0.3) is 0 Å². The van der Waals surface area contributed by atoms with Crippen LogP contribution in [0.5, 0.6) is 0 Å². The van der Waals surface area contributed by atoms with E-state index in [0.717, 1.165) is 4.47 Å². The van der Waals surface area contributed by atoms with Crippen LogP contribution >= 0.6 is 15.9 Å². The van der Waals surface area contributed by atoms with Crippen LogP contribution in [0.1, 0.15) is 19.4 Å². The van der Waals surface area contributed by atoms with Crippen LogP contribution in [-0.2, 0) is 11.2 Å². The highest BCUT2D eigenvalue weighted by molar-refractivity contribution is 9.10. The Bertz CT molecular complexity index is 385. The van der Waals surface area contributed by atoms with Gasteiger partial charge in [0.1, 0.15) is 5.82 Å². The number of rotatable bonds is 3. The molecule has 82 valence electrons. The normalized spacial score (nSPS) is 11.5. The van der Waals surface area contributed by atoms with Crippen molar-refractivity contribution in [1.82, 2.24) is 0 Å². The lowest BCUT2D eigenvalue weighted by atomic mass is 9.95. The number of Topliss-reactive ketones (excluding diaryl/α,β-unsaturated/α-hetero) is 1. The van der Waals surface area contributed by atoms with E-state index in [-0.39, 0.29) is 18.0 Å². The molecule has 15 heavy (non-hydrogen) atoms. The average molecular weight is 274 g/mol. The van der Waals surface area contributed by atoms with Crippen LogP contribution in [0.15, 0.2) is 22.7 Å². The molecule has 0 amide bonds. The summed E-state index contributed by atoms with van der Waals surface area (Å²) >= 11 is 3.23. The predicted octanol–water partition coefficient (Wildman–Crippen LogP) is 2.44. The van der Waals surface area contributed by atoms with E-state index in [9.17, 15) is 9.18 Å². The maximum absolute atomic E-state index is 13.3. The maximum Gasteiger partial charge on any atom is 0.156 e. The van der Waals surface area contributed by atoms with Gasteiger partial charge >= 0.3 is 0 Å². The van der Waals surface area contributed by atoms with Gasteiger partial charge in [-0.3, -0.25) is 4.79 Å². The largest absolute Gasteiger partial charge is 0.319 e. The number of ketones is 1. The van der Waals surface area contributed by atoms with Gasteiger partial charge in [0, 0.05) is 10.9 Å². The monoisotopic (exact) mass is 273 g/mol. The molecule has 0 radical (unpaired) electrons. The van der Waals surface area contributed by atoms with Gasteiger partial charge in [-0.1, -0.05) is 15.9 Å². The first-order valence-corrected chi connectivity index (χ1v) is 5.36. The molecule has 1 rings (SSSR count). The van der Waals surface area contributed by atoms with Gasteiger partial charge in [0.25, 0.3) is 0 Å². The minimum atomic E-state index is -0.922. The Balaban J connectivity index is 2.90. The summed E-state index contributed by atoms with van der Waals surface area (Å²) in [7, 11) is 0. The molecule has 0 aliphatic rings. The molecule has 0 spiro atoms. The smallest absolute Gasteiger partial charge is 0.156 e. The number of halogens is 2. The highest BCUT2D eigenvalue weighted by atomic mass is 79.9. The Labute approximate surface area is 96.8 Å². The highest BCUT2D eigenvalue weighted by Gasteiger charge is 2.22. The van der Waals surface area contributed by atoms with Crippen molar-refractivity contribution in [1.29, 1.82) is 0 Å². The second-order valence-corrected chi connectivity index (χ2v) is 4.97. The summed E-state index contributed by atoms with van der Waals surface area (Å²) in [5.74, 6) is -0.560. The third kappa shape index (κ3) is 3.39. The number of carbonyl (C=O) groups is 1. The molecular formula is C11H13BrFNO. The summed E-state index contributed by atoms with van der Waals surface area (Å²) in [6, 6.07) is 4.52. The van der Waals surface area contributed by atoms with Crippen molar-refractivity contribution in [3.8, 4) is 0 Å². The summed E-state index contributed by atoms with van der Waals surface area (Å²) in [4.78, 5) is 11.6. The van der Waals surface area contributed by atoms with E-state index < -0.39 is 5.54 Å². The van der Waals surface area contributed by atoms with E-state index in [2.05, 4.69) is 15.9 Å². The second-order valence-electron chi connectivity index (χ2n) is 4.06. The molecule has 0 aromatic heterocycles. The Kier molecular flexibility index (Phi) is 3.62. The number of hydrogen-bond acceptors (Lipinski definition) is 2. The van der Waals surface area contributed by atoms with Crippen LogP contribution < -0.4 is 5.73 Å². The number of carbonyl (C=O) groups excluding carboxylic acids is 1. The Morgan fingerprint density at radius 3 is 2.67 bits per heavy atom. The quantitative estimate of drug-likeness (QED) is 0.919. The van der Waals surface area contributed by atoms with E-state index in [0.29, 0.717) is 5.56 Å². The molecule has 0 unspecified atom stereocenters. The lowest BCUT2D eigenvalue weighted by Crippen LogP contribution is -2.42. The molecule has 0 saturated heterocycles. The molecule has 0 saturated carbocycles. The van der Waals surface area contributed by atoms with Crippen LogP contribution in [0.4, 0.5) is 4.39 Å². The summed E-state index contributed by atoms with van der Waals surface area (Å²) in [6.45, 7) is 3.23. The molecule has 0 heterocycles. The van der Waals surface area contributed by atoms with Crippen molar-refractivity contribution in [2.75, 3.05) is 0 Å². The summed E-state index contributed by atoms with van der Waals surface area (Å²) < 4.78 is 14.1. The first-order chi connectivity index (χ1) is 6.80. The maximum atomic E-state index is 13.3. The third-order valence-electron chi connectivity index (χ3n) is 2.08. The van der Waals surface area contributed by atoms with Gasteiger partial charge in [0.2, 0.25) is 0 Å². The van der Waals surface area contributed by atoms with Crippen molar-refractivity contribution in [3.05, 3.63) is 34.1 Å². The van der Waals surface area contributed by atoms with Crippen molar-refractivity contribution < 1.29 is 9.18 Å². The zero-order chi connectivity index (χ0) is 11.6. The van der Waals surface area contributed by atoms with Crippen LogP contribution in [-0.4, -0.2) is 11.3 Å². The lowest BCUT2D eigenvalue weighted by Gasteiger charge is -2.16. The number of nitrogens with two attached hydrogens (primary N) is 1. The molecule has 0 atom stereocenters. The molecule has 1 aromatic rings. The zero-order valence-corrected chi connectivity index (χ0v) is 10.3. The topological polar surface area (TPSA) is 43.1 Å². The molecular weight excluding hydrogens is 261 g/mol. The predicted molar refractivity (Wildman–Crippen MR) is 61.1 cm³/mol. The first-order valence-electron chi connectivity index (χ1n) is 4.57. The van der Waals surface area contributed by atoms with Crippen LogP contribution in [0, 0.1) is 5.82 Å². The highest BCUT2D eigenvalue weighted by Crippen LogP contribution is 2.17. The second kappa shape index (κ2) is 4.41. The molecule has 0 aliphatic carbocycles. The third-order valence-corrected chi connectivity index (χ3v) is 2.57. The SMILES string of the molecule is CC(C)(N)C(=O)Cc1cc(Br)ccc1F. The standard InChI is InChI=1S/C11H13BrFNO/c1-11(2,14)10(15)6-7-5-8(12)3-4-9(7)13/h3-5H,6,14H2,1-2H3. The van der Waals surface area contributed by atoms with Crippen molar-refractivity contribution in [2.24, 2.45) is 5.73 Å².